The monoisotopic (exact) mass is 395 g/mol. The van der Waals surface area contributed by atoms with E-state index in [9.17, 15) is 13.6 Å². The van der Waals surface area contributed by atoms with Gasteiger partial charge in [0.05, 0.1) is 5.56 Å². The summed E-state index contributed by atoms with van der Waals surface area (Å²) in [6, 6.07) is 12.2. The molecule has 0 spiro atoms. The molecule has 2 heterocycles. The zero-order chi connectivity index (χ0) is 20.2. The highest BCUT2D eigenvalue weighted by Gasteiger charge is 2.23. The number of piperazine rings is 1. The molecule has 1 fully saturated rings. The molecule has 1 amide bonds. The van der Waals surface area contributed by atoms with Gasteiger partial charge in [-0.25, -0.2) is 18.7 Å². The van der Waals surface area contributed by atoms with Crippen LogP contribution in [-0.4, -0.2) is 47.0 Å². The first-order chi connectivity index (χ1) is 14.1. The van der Waals surface area contributed by atoms with Gasteiger partial charge in [0.15, 0.2) is 0 Å². The van der Waals surface area contributed by atoms with Crippen LogP contribution in [-0.2, 0) is 0 Å². The minimum atomic E-state index is -0.322. The summed E-state index contributed by atoms with van der Waals surface area (Å²) in [4.78, 5) is 24.9. The Labute approximate surface area is 166 Å². The summed E-state index contributed by atoms with van der Waals surface area (Å²) in [5.41, 5.74) is 2.00. The molecule has 1 aliphatic rings. The predicted molar refractivity (Wildman–Crippen MR) is 106 cm³/mol. The molecular formula is C21H19F2N5O. The number of aromatic nitrogens is 2. The summed E-state index contributed by atoms with van der Waals surface area (Å²) in [6.45, 7) is 2.46. The number of hydrogen-bond acceptors (Lipinski definition) is 5. The number of anilines is 3. The molecule has 148 valence electrons. The van der Waals surface area contributed by atoms with E-state index in [2.05, 4.69) is 20.2 Å². The molecule has 0 atom stereocenters. The Kier molecular flexibility index (Phi) is 5.33. The molecule has 1 aromatic heterocycles. The van der Waals surface area contributed by atoms with E-state index < -0.39 is 0 Å². The number of hydrogen-bond donors (Lipinski definition) is 1. The average Bonchev–Trinajstić information content (AvgIpc) is 2.76. The van der Waals surface area contributed by atoms with Crippen LogP contribution < -0.4 is 10.2 Å². The van der Waals surface area contributed by atoms with E-state index in [4.69, 9.17) is 0 Å². The van der Waals surface area contributed by atoms with Crippen LogP contribution in [0, 0.1) is 11.6 Å². The summed E-state index contributed by atoms with van der Waals surface area (Å²) in [6.07, 6.45) is 2.96. The number of rotatable bonds is 4. The molecule has 1 saturated heterocycles. The molecule has 3 aromatic rings. The largest absolute Gasteiger partial charge is 0.368 e. The first kappa shape index (κ1) is 18.8. The molecule has 0 saturated carbocycles. The summed E-state index contributed by atoms with van der Waals surface area (Å²) >= 11 is 0. The molecule has 2 aromatic carbocycles. The molecule has 0 bridgehead atoms. The molecule has 0 radical (unpaired) electrons. The fourth-order valence-corrected chi connectivity index (χ4v) is 3.17. The Morgan fingerprint density at radius 2 is 1.38 bits per heavy atom. The fourth-order valence-electron chi connectivity index (χ4n) is 3.17. The van der Waals surface area contributed by atoms with E-state index in [0.717, 1.165) is 5.69 Å². The fraction of sp³-hybridized carbons (Fsp3) is 0.190. The van der Waals surface area contributed by atoms with Gasteiger partial charge in [0, 0.05) is 49.9 Å². The standard InChI is InChI=1S/C21H19F2N5O/c22-16-1-5-18(6-2-16)26-21-24-13-15(14-25-21)20(29)28-11-9-27(10-12-28)19-7-3-17(23)4-8-19/h1-8,13-14H,9-12H2,(H,24,25,26). The highest BCUT2D eigenvalue weighted by atomic mass is 19.1. The zero-order valence-corrected chi connectivity index (χ0v) is 15.6. The van der Waals surface area contributed by atoms with Gasteiger partial charge in [0.1, 0.15) is 11.6 Å². The predicted octanol–water partition coefficient (Wildman–Crippen LogP) is 3.46. The molecule has 0 aliphatic carbocycles. The van der Waals surface area contributed by atoms with Crippen molar-refractivity contribution in [3.8, 4) is 0 Å². The van der Waals surface area contributed by atoms with Crippen molar-refractivity contribution in [3.63, 3.8) is 0 Å². The third-order valence-corrected chi connectivity index (χ3v) is 4.76. The highest BCUT2D eigenvalue weighted by molar-refractivity contribution is 5.93. The van der Waals surface area contributed by atoms with Crippen molar-refractivity contribution in [2.75, 3.05) is 36.4 Å². The second-order valence-electron chi connectivity index (χ2n) is 6.68. The number of nitrogens with zero attached hydrogens (tertiary/aromatic N) is 4. The maximum Gasteiger partial charge on any atom is 0.257 e. The van der Waals surface area contributed by atoms with E-state index in [1.807, 2.05) is 0 Å². The lowest BCUT2D eigenvalue weighted by Gasteiger charge is -2.36. The number of halogens is 2. The van der Waals surface area contributed by atoms with Gasteiger partial charge in [0.25, 0.3) is 5.91 Å². The third-order valence-electron chi connectivity index (χ3n) is 4.76. The van der Waals surface area contributed by atoms with E-state index >= 15 is 0 Å². The van der Waals surface area contributed by atoms with Crippen molar-refractivity contribution >= 4 is 23.2 Å². The van der Waals surface area contributed by atoms with Gasteiger partial charge in [-0.3, -0.25) is 4.79 Å². The SMILES string of the molecule is O=C(c1cnc(Nc2ccc(F)cc2)nc1)N1CCN(c2ccc(F)cc2)CC1. The zero-order valence-electron chi connectivity index (χ0n) is 15.6. The molecule has 4 rings (SSSR count). The average molecular weight is 395 g/mol. The van der Waals surface area contributed by atoms with Crippen LogP contribution in [0.2, 0.25) is 0 Å². The molecule has 0 unspecified atom stereocenters. The van der Waals surface area contributed by atoms with Crippen LogP contribution in [0.3, 0.4) is 0 Å². The molecule has 6 nitrogen and oxygen atoms in total. The number of carbonyl (C=O) groups is 1. The first-order valence-electron chi connectivity index (χ1n) is 9.23. The normalized spacial score (nSPS) is 14.0. The van der Waals surface area contributed by atoms with Crippen LogP contribution >= 0.6 is 0 Å². The van der Waals surface area contributed by atoms with E-state index in [1.165, 1.54) is 36.7 Å². The molecular weight excluding hydrogens is 376 g/mol. The van der Waals surface area contributed by atoms with Gasteiger partial charge in [-0.2, -0.15) is 0 Å². The van der Waals surface area contributed by atoms with Crippen molar-refractivity contribution < 1.29 is 13.6 Å². The van der Waals surface area contributed by atoms with Gasteiger partial charge in [-0.15, -0.1) is 0 Å². The third kappa shape index (κ3) is 4.48. The summed E-state index contributed by atoms with van der Waals surface area (Å²) in [5.74, 6) is -0.386. The number of nitrogens with one attached hydrogen (secondary N) is 1. The topological polar surface area (TPSA) is 61.4 Å². The van der Waals surface area contributed by atoms with E-state index in [0.29, 0.717) is 43.4 Å². The Bertz CT molecular complexity index is 969. The number of amides is 1. The van der Waals surface area contributed by atoms with Crippen LogP contribution in [0.15, 0.2) is 60.9 Å². The second kappa shape index (κ2) is 8.22. The maximum atomic E-state index is 13.1. The van der Waals surface area contributed by atoms with Crippen LogP contribution in [0.4, 0.5) is 26.1 Å². The molecule has 1 N–H and O–H groups in total. The van der Waals surface area contributed by atoms with Crippen molar-refractivity contribution in [2.45, 2.75) is 0 Å². The van der Waals surface area contributed by atoms with E-state index in [-0.39, 0.29) is 17.5 Å². The Balaban J connectivity index is 1.35. The minimum absolute atomic E-state index is 0.128. The van der Waals surface area contributed by atoms with Crippen LogP contribution in [0.1, 0.15) is 10.4 Å². The van der Waals surface area contributed by atoms with Crippen molar-refractivity contribution in [1.82, 2.24) is 14.9 Å². The Morgan fingerprint density at radius 1 is 0.828 bits per heavy atom. The van der Waals surface area contributed by atoms with Crippen LogP contribution in [0.5, 0.6) is 0 Å². The lowest BCUT2D eigenvalue weighted by molar-refractivity contribution is 0.0746. The van der Waals surface area contributed by atoms with Crippen molar-refractivity contribution in [2.24, 2.45) is 0 Å². The van der Waals surface area contributed by atoms with Gasteiger partial charge in [-0.05, 0) is 48.5 Å². The molecule has 8 heteroatoms. The van der Waals surface area contributed by atoms with Gasteiger partial charge in [-0.1, -0.05) is 0 Å². The van der Waals surface area contributed by atoms with E-state index in [1.54, 1.807) is 29.2 Å². The van der Waals surface area contributed by atoms with Crippen molar-refractivity contribution in [1.29, 1.82) is 0 Å². The quantitative estimate of drug-likeness (QED) is 0.733. The smallest absolute Gasteiger partial charge is 0.257 e. The number of benzene rings is 2. The second-order valence-corrected chi connectivity index (χ2v) is 6.68. The highest BCUT2D eigenvalue weighted by Crippen LogP contribution is 2.18. The number of carbonyl (C=O) groups excluding carboxylic acids is 1. The molecule has 1 aliphatic heterocycles. The Morgan fingerprint density at radius 3 is 1.97 bits per heavy atom. The lowest BCUT2D eigenvalue weighted by Crippen LogP contribution is -2.48. The van der Waals surface area contributed by atoms with Gasteiger partial charge >= 0.3 is 0 Å². The summed E-state index contributed by atoms with van der Waals surface area (Å²) < 4.78 is 26.0. The van der Waals surface area contributed by atoms with Gasteiger partial charge in [0.2, 0.25) is 5.95 Å². The lowest BCUT2D eigenvalue weighted by atomic mass is 10.2. The molecule has 29 heavy (non-hydrogen) atoms. The van der Waals surface area contributed by atoms with Crippen molar-refractivity contribution in [3.05, 3.63) is 78.1 Å². The van der Waals surface area contributed by atoms with Crippen LogP contribution in [0.25, 0.3) is 0 Å². The maximum absolute atomic E-state index is 13.1. The summed E-state index contributed by atoms with van der Waals surface area (Å²) in [5, 5.41) is 2.96. The summed E-state index contributed by atoms with van der Waals surface area (Å²) in [7, 11) is 0. The first-order valence-corrected chi connectivity index (χ1v) is 9.23. The van der Waals surface area contributed by atoms with Gasteiger partial charge < -0.3 is 15.1 Å². The Hall–Kier alpha value is -3.55. The minimum Gasteiger partial charge on any atom is -0.368 e.